The highest BCUT2D eigenvalue weighted by Crippen LogP contribution is 2.17. The zero-order valence-electron chi connectivity index (χ0n) is 13.0. The summed E-state index contributed by atoms with van der Waals surface area (Å²) in [5.74, 6) is -1.20. The van der Waals surface area contributed by atoms with E-state index in [1.165, 1.54) is 0 Å². The lowest BCUT2D eigenvalue weighted by Crippen LogP contribution is -2.34. The van der Waals surface area contributed by atoms with E-state index in [1.807, 2.05) is 6.92 Å². The van der Waals surface area contributed by atoms with E-state index in [0.717, 1.165) is 22.9 Å². The van der Waals surface area contributed by atoms with Gasteiger partial charge in [-0.3, -0.25) is 10.2 Å². The van der Waals surface area contributed by atoms with Gasteiger partial charge in [0, 0.05) is 6.07 Å². The molecular weight excluding hydrogens is 314 g/mol. The molecule has 0 spiro atoms. The molecule has 0 aliphatic rings. The highest BCUT2D eigenvalue weighted by molar-refractivity contribution is 5.77. The molecular formula is C17H16F2N4O. The van der Waals surface area contributed by atoms with Crippen LogP contribution < -0.4 is 16.7 Å². The summed E-state index contributed by atoms with van der Waals surface area (Å²) in [4.78, 5) is 17.2. The van der Waals surface area contributed by atoms with Gasteiger partial charge in [0.1, 0.15) is 17.5 Å². The lowest BCUT2D eigenvalue weighted by molar-refractivity contribution is 0.581. The van der Waals surface area contributed by atoms with Gasteiger partial charge in [0.05, 0.1) is 22.6 Å². The monoisotopic (exact) mass is 330 g/mol. The van der Waals surface area contributed by atoms with Crippen LogP contribution in [-0.4, -0.2) is 9.66 Å². The maximum atomic E-state index is 13.4. The first kappa shape index (κ1) is 16.1. The fraction of sp³-hybridized carbons (Fsp3) is 0.176. The number of benzene rings is 2. The normalized spacial score (nSPS) is 12.3. The summed E-state index contributed by atoms with van der Waals surface area (Å²) < 4.78 is 27.9. The predicted molar refractivity (Wildman–Crippen MR) is 88.6 cm³/mol. The van der Waals surface area contributed by atoms with Crippen molar-refractivity contribution >= 4 is 16.6 Å². The molecule has 24 heavy (non-hydrogen) atoms. The molecule has 3 aromatic rings. The summed E-state index contributed by atoms with van der Waals surface area (Å²) >= 11 is 0. The van der Waals surface area contributed by atoms with Crippen LogP contribution in [0.4, 0.5) is 14.5 Å². The predicted octanol–water partition coefficient (Wildman–Crippen LogP) is 2.96. The molecule has 7 heteroatoms. The van der Waals surface area contributed by atoms with Crippen molar-refractivity contribution in [1.82, 2.24) is 9.66 Å². The van der Waals surface area contributed by atoms with Gasteiger partial charge in [0.15, 0.2) is 0 Å². The number of halogens is 2. The number of hydrogen-bond acceptors (Lipinski definition) is 4. The largest absolute Gasteiger partial charge is 0.321 e. The maximum absolute atomic E-state index is 13.4. The van der Waals surface area contributed by atoms with Gasteiger partial charge >= 0.3 is 0 Å². The number of anilines is 1. The molecule has 5 nitrogen and oxygen atoms in total. The van der Waals surface area contributed by atoms with Crippen LogP contribution in [-0.2, 0) is 0 Å². The van der Waals surface area contributed by atoms with Crippen LogP contribution in [0.2, 0.25) is 0 Å². The van der Waals surface area contributed by atoms with Crippen molar-refractivity contribution in [3.63, 3.8) is 0 Å². The quantitative estimate of drug-likeness (QED) is 0.771. The molecule has 3 rings (SSSR count). The minimum atomic E-state index is -0.749. The molecule has 0 radical (unpaired) electrons. The minimum absolute atomic E-state index is 0.0937. The van der Waals surface area contributed by atoms with Crippen molar-refractivity contribution in [1.29, 1.82) is 0 Å². The van der Waals surface area contributed by atoms with Gasteiger partial charge in [-0.05, 0) is 30.7 Å². The fourth-order valence-corrected chi connectivity index (χ4v) is 2.44. The van der Waals surface area contributed by atoms with Gasteiger partial charge in [-0.25, -0.2) is 18.4 Å². The Morgan fingerprint density at radius 2 is 1.88 bits per heavy atom. The average Bonchev–Trinajstić information content (AvgIpc) is 2.55. The molecule has 0 fully saturated rings. The van der Waals surface area contributed by atoms with E-state index in [2.05, 4.69) is 10.4 Å². The van der Waals surface area contributed by atoms with Gasteiger partial charge in [-0.15, -0.1) is 0 Å². The van der Waals surface area contributed by atoms with Gasteiger partial charge in [0.2, 0.25) is 0 Å². The number of aromatic nitrogens is 2. The highest BCUT2D eigenvalue weighted by atomic mass is 19.1. The van der Waals surface area contributed by atoms with E-state index in [0.29, 0.717) is 23.1 Å². The third kappa shape index (κ3) is 2.98. The van der Waals surface area contributed by atoms with Crippen LogP contribution in [0.3, 0.4) is 0 Å². The van der Waals surface area contributed by atoms with Crippen LogP contribution in [0.5, 0.6) is 0 Å². The van der Waals surface area contributed by atoms with Crippen molar-refractivity contribution in [3.8, 4) is 0 Å². The Morgan fingerprint density at radius 3 is 2.54 bits per heavy atom. The molecule has 1 atom stereocenters. The first-order chi connectivity index (χ1) is 11.5. The maximum Gasteiger partial charge on any atom is 0.280 e. The Hall–Kier alpha value is -2.80. The molecule has 0 amide bonds. The zero-order chi connectivity index (χ0) is 17.3. The summed E-state index contributed by atoms with van der Waals surface area (Å²) in [6.07, 6.45) is 0.546. The molecule has 1 unspecified atom stereocenters. The summed E-state index contributed by atoms with van der Waals surface area (Å²) in [5.41, 5.74) is 9.00. The van der Waals surface area contributed by atoms with Crippen molar-refractivity contribution in [3.05, 3.63) is 70.3 Å². The Balaban J connectivity index is 2.20. The Labute approximate surface area is 136 Å². The minimum Gasteiger partial charge on any atom is -0.321 e. The van der Waals surface area contributed by atoms with Crippen LogP contribution in [0.15, 0.2) is 47.3 Å². The summed E-state index contributed by atoms with van der Waals surface area (Å²) in [6, 6.07) is 9.27. The number of fused-ring (bicyclic) bond motifs is 1. The van der Waals surface area contributed by atoms with Crippen molar-refractivity contribution < 1.29 is 8.78 Å². The topological polar surface area (TPSA) is 72.9 Å². The van der Waals surface area contributed by atoms with Gasteiger partial charge in [-0.2, -0.15) is 0 Å². The van der Waals surface area contributed by atoms with Crippen LogP contribution in [0, 0.1) is 11.6 Å². The molecule has 2 aromatic carbocycles. The molecule has 0 aliphatic heterocycles. The van der Waals surface area contributed by atoms with Crippen LogP contribution in [0.1, 0.15) is 25.2 Å². The molecule has 0 saturated carbocycles. The van der Waals surface area contributed by atoms with E-state index in [4.69, 9.17) is 5.73 Å². The second kappa shape index (κ2) is 6.37. The van der Waals surface area contributed by atoms with Gasteiger partial charge < -0.3 is 5.73 Å². The van der Waals surface area contributed by atoms with E-state index in [-0.39, 0.29) is 11.2 Å². The summed E-state index contributed by atoms with van der Waals surface area (Å²) in [5, 5.41) is 0.383. The Morgan fingerprint density at radius 1 is 1.21 bits per heavy atom. The van der Waals surface area contributed by atoms with Crippen molar-refractivity contribution in [2.45, 2.75) is 19.4 Å². The molecule has 124 valence electrons. The first-order valence-electron chi connectivity index (χ1n) is 7.50. The van der Waals surface area contributed by atoms with E-state index in [1.54, 1.807) is 24.3 Å². The Kier molecular flexibility index (Phi) is 4.26. The fourth-order valence-electron chi connectivity index (χ4n) is 2.44. The lowest BCUT2D eigenvalue weighted by atomic mass is 10.2. The SMILES string of the molecule is CCC(N)c1nc2ccccc2c(=O)n1Nc1cc(F)cc(F)c1. The number of nitrogens with zero attached hydrogens (tertiary/aromatic N) is 2. The molecule has 0 aliphatic carbocycles. The average molecular weight is 330 g/mol. The Bertz CT molecular complexity index is 935. The number of nitrogens with one attached hydrogen (secondary N) is 1. The van der Waals surface area contributed by atoms with E-state index >= 15 is 0 Å². The van der Waals surface area contributed by atoms with Crippen LogP contribution >= 0.6 is 0 Å². The number of rotatable bonds is 4. The molecule has 1 aromatic heterocycles. The van der Waals surface area contributed by atoms with Gasteiger partial charge in [-0.1, -0.05) is 19.1 Å². The third-order valence-electron chi connectivity index (χ3n) is 3.68. The summed E-state index contributed by atoms with van der Waals surface area (Å²) in [6.45, 7) is 1.86. The van der Waals surface area contributed by atoms with Gasteiger partial charge in [0.25, 0.3) is 5.56 Å². The molecule has 0 saturated heterocycles. The molecule has 3 N–H and O–H groups in total. The standard InChI is InChI=1S/C17H16F2N4O/c1-2-14(20)16-21-15-6-4-3-5-13(15)17(24)23(16)22-12-8-10(18)7-11(19)9-12/h3-9,14,22H,2,20H2,1H3. The first-order valence-corrected chi connectivity index (χ1v) is 7.50. The lowest BCUT2D eigenvalue weighted by Gasteiger charge is -2.18. The number of hydrogen-bond donors (Lipinski definition) is 2. The second-order valence-corrected chi connectivity index (χ2v) is 5.41. The van der Waals surface area contributed by atoms with Crippen molar-refractivity contribution in [2.24, 2.45) is 5.73 Å². The van der Waals surface area contributed by atoms with Crippen LogP contribution in [0.25, 0.3) is 10.9 Å². The highest BCUT2D eigenvalue weighted by Gasteiger charge is 2.16. The number of nitrogens with two attached hydrogens (primary N) is 1. The molecule has 0 bridgehead atoms. The third-order valence-corrected chi connectivity index (χ3v) is 3.68. The second-order valence-electron chi connectivity index (χ2n) is 5.41. The van der Waals surface area contributed by atoms with Crippen molar-refractivity contribution in [2.75, 3.05) is 5.43 Å². The zero-order valence-corrected chi connectivity index (χ0v) is 13.0. The molecule has 1 heterocycles. The summed E-state index contributed by atoms with van der Waals surface area (Å²) in [7, 11) is 0. The smallest absolute Gasteiger partial charge is 0.280 e. The number of para-hydroxylation sites is 1. The van der Waals surface area contributed by atoms with E-state index < -0.39 is 17.7 Å². The van der Waals surface area contributed by atoms with E-state index in [9.17, 15) is 13.6 Å².